The number of aromatic carboxylic acids is 1. The third-order valence-electron chi connectivity index (χ3n) is 4.37. The highest BCUT2D eigenvalue weighted by atomic mass is 79.9. The van der Waals surface area contributed by atoms with E-state index >= 15 is 0 Å². The minimum Gasteiger partial charge on any atom is -0.478 e. The molecule has 7 heteroatoms. The minimum atomic E-state index is -1.00. The van der Waals surface area contributed by atoms with E-state index in [9.17, 15) is 9.59 Å². The molecule has 0 bridgehead atoms. The van der Waals surface area contributed by atoms with Gasteiger partial charge in [0.2, 0.25) is 0 Å². The van der Waals surface area contributed by atoms with E-state index in [1.165, 1.54) is 17.7 Å². The molecule has 2 N–H and O–H groups in total. The van der Waals surface area contributed by atoms with Crippen LogP contribution in [0.5, 0.6) is 0 Å². The number of anilines is 1. The molecule has 1 heterocycles. The standard InChI is InChI=1S/C19H20BrN3O3/c20-16-12-15(18(24)25)6-7-17(16)21-19(26)23-10-8-22(9-11-23)13-14-4-2-1-3-5-14/h1-7,12H,8-11,13H2,(H,21,26)(H,24,25). The maximum Gasteiger partial charge on any atom is 0.335 e. The Bertz CT molecular complexity index is 790. The first-order chi connectivity index (χ1) is 12.5. The summed E-state index contributed by atoms with van der Waals surface area (Å²) in [5.41, 5.74) is 2.00. The van der Waals surface area contributed by atoms with E-state index in [4.69, 9.17) is 5.11 Å². The second-order valence-corrected chi connectivity index (χ2v) is 7.03. The Morgan fingerprint density at radius 3 is 2.35 bits per heavy atom. The molecule has 1 fully saturated rings. The zero-order valence-corrected chi connectivity index (χ0v) is 15.8. The number of hydrogen-bond donors (Lipinski definition) is 2. The van der Waals surface area contributed by atoms with Crippen LogP contribution in [0.4, 0.5) is 10.5 Å². The number of hydrogen-bond acceptors (Lipinski definition) is 3. The summed E-state index contributed by atoms with van der Waals surface area (Å²) >= 11 is 3.31. The zero-order chi connectivity index (χ0) is 18.5. The van der Waals surface area contributed by atoms with E-state index in [0.717, 1.165) is 19.6 Å². The number of halogens is 1. The van der Waals surface area contributed by atoms with Crippen molar-refractivity contribution in [2.75, 3.05) is 31.5 Å². The van der Waals surface area contributed by atoms with Crippen molar-refractivity contribution >= 4 is 33.6 Å². The van der Waals surface area contributed by atoms with Crippen molar-refractivity contribution < 1.29 is 14.7 Å². The number of benzene rings is 2. The minimum absolute atomic E-state index is 0.171. The van der Waals surface area contributed by atoms with Gasteiger partial charge in [0, 0.05) is 37.2 Å². The molecular formula is C19H20BrN3O3. The highest BCUT2D eigenvalue weighted by Crippen LogP contribution is 2.24. The van der Waals surface area contributed by atoms with Crippen LogP contribution in [0.1, 0.15) is 15.9 Å². The fourth-order valence-corrected chi connectivity index (χ4v) is 3.37. The Balaban J connectivity index is 1.53. The smallest absolute Gasteiger partial charge is 0.335 e. The number of carboxylic acids is 1. The van der Waals surface area contributed by atoms with Gasteiger partial charge in [-0.15, -0.1) is 0 Å². The Labute approximate surface area is 160 Å². The van der Waals surface area contributed by atoms with Gasteiger partial charge >= 0.3 is 12.0 Å². The van der Waals surface area contributed by atoms with Gasteiger partial charge in [0.15, 0.2) is 0 Å². The highest BCUT2D eigenvalue weighted by molar-refractivity contribution is 9.10. The SMILES string of the molecule is O=C(O)c1ccc(NC(=O)N2CCN(Cc3ccccc3)CC2)c(Br)c1. The lowest BCUT2D eigenvalue weighted by molar-refractivity contribution is 0.0697. The van der Waals surface area contributed by atoms with E-state index in [-0.39, 0.29) is 11.6 Å². The molecule has 0 radical (unpaired) electrons. The fraction of sp³-hybridized carbons (Fsp3) is 0.263. The Morgan fingerprint density at radius 2 is 1.73 bits per heavy atom. The third kappa shape index (κ3) is 4.62. The van der Waals surface area contributed by atoms with Gasteiger partial charge in [-0.1, -0.05) is 30.3 Å². The summed E-state index contributed by atoms with van der Waals surface area (Å²) in [5, 5.41) is 11.8. The highest BCUT2D eigenvalue weighted by Gasteiger charge is 2.21. The molecule has 6 nitrogen and oxygen atoms in total. The van der Waals surface area contributed by atoms with Crippen molar-refractivity contribution in [2.45, 2.75) is 6.54 Å². The van der Waals surface area contributed by atoms with E-state index in [1.807, 2.05) is 18.2 Å². The van der Waals surface area contributed by atoms with Crippen molar-refractivity contribution in [2.24, 2.45) is 0 Å². The molecule has 2 aromatic rings. The second kappa shape index (κ2) is 8.33. The van der Waals surface area contributed by atoms with Gasteiger partial charge in [0.25, 0.3) is 0 Å². The third-order valence-corrected chi connectivity index (χ3v) is 5.02. The summed E-state index contributed by atoms with van der Waals surface area (Å²) in [4.78, 5) is 27.5. The molecule has 0 saturated carbocycles. The van der Waals surface area contributed by atoms with E-state index in [2.05, 4.69) is 38.3 Å². The molecule has 0 atom stereocenters. The van der Waals surface area contributed by atoms with Crippen LogP contribution in [-0.2, 0) is 6.54 Å². The average Bonchev–Trinajstić information content (AvgIpc) is 2.64. The van der Waals surface area contributed by atoms with Crippen LogP contribution >= 0.6 is 15.9 Å². The number of carbonyl (C=O) groups excluding carboxylic acids is 1. The molecular weight excluding hydrogens is 398 g/mol. The first-order valence-corrected chi connectivity index (χ1v) is 9.17. The summed E-state index contributed by atoms with van der Waals surface area (Å²) in [6.45, 7) is 3.84. The Hall–Kier alpha value is -2.38. The van der Waals surface area contributed by atoms with Crippen LogP contribution in [0.2, 0.25) is 0 Å². The van der Waals surface area contributed by atoms with Crippen molar-refractivity contribution in [3.63, 3.8) is 0 Å². The molecule has 2 aromatic carbocycles. The Kier molecular flexibility index (Phi) is 5.90. The molecule has 1 aliphatic heterocycles. The van der Waals surface area contributed by atoms with Crippen molar-refractivity contribution in [3.8, 4) is 0 Å². The molecule has 0 aromatic heterocycles. The summed E-state index contributed by atoms with van der Waals surface area (Å²) in [6, 6.07) is 14.7. The number of nitrogens with zero attached hydrogens (tertiary/aromatic N) is 2. The number of rotatable bonds is 4. The summed E-state index contributed by atoms with van der Waals surface area (Å²) < 4.78 is 0.550. The average molecular weight is 418 g/mol. The van der Waals surface area contributed by atoms with Gasteiger partial charge in [0.1, 0.15) is 0 Å². The molecule has 136 valence electrons. The van der Waals surface area contributed by atoms with Crippen LogP contribution < -0.4 is 5.32 Å². The van der Waals surface area contributed by atoms with Crippen LogP contribution in [0.15, 0.2) is 53.0 Å². The monoisotopic (exact) mass is 417 g/mol. The van der Waals surface area contributed by atoms with E-state index in [0.29, 0.717) is 23.2 Å². The molecule has 0 unspecified atom stereocenters. The number of piperazine rings is 1. The number of nitrogens with one attached hydrogen (secondary N) is 1. The van der Waals surface area contributed by atoms with Crippen LogP contribution in [-0.4, -0.2) is 53.1 Å². The van der Waals surface area contributed by atoms with Crippen molar-refractivity contribution in [1.82, 2.24) is 9.80 Å². The van der Waals surface area contributed by atoms with E-state index in [1.54, 1.807) is 11.0 Å². The lowest BCUT2D eigenvalue weighted by Crippen LogP contribution is -2.49. The van der Waals surface area contributed by atoms with Crippen LogP contribution in [0.3, 0.4) is 0 Å². The summed E-state index contributed by atoms with van der Waals surface area (Å²) in [5.74, 6) is -1.00. The van der Waals surface area contributed by atoms with Gasteiger partial charge in [0.05, 0.1) is 11.3 Å². The molecule has 3 rings (SSSR count). The first kappa shape index (κ1) is 18.4. The van der Waals surface area contributed by atoms with Gasteiger partial charge in [-0.25, -0.2) is 9.59 Å². The number of carbonyl (C=O) groups is 2. The zero-order valence-electron chi connectivity index (χ0n) is 14.2. The van der Waals surface area contributed by atoms with Crippen LogP contribution in [0, 0.1) is 0 Å². The largest absolute Gasteiger partial charge is 0.478 e. The molecule has 26 heavy (non-hydrogen) atoms. The first-order valence-electron chi connectivity index (χ1n) is 8.38. The topological polar surface area (TPSA) is 72.9 Å². The van der Waals surface area contributed by atoms with Gasteiger partial charge in [-0.05, 0) is 39.7 Å². The quantitative estimate of drug-likeness (QED) is 0.798. The maximum atomic E-state index is 12.5. The fourth-order valence-electron chi connectivity index (χ4n) is 2.89. The predicted molar refractivity (Wildman–Crippen MR) is 103 cm³/mol. The molecule has 2 amide bonds. The lowest BCUT2D eigenvalue weighted by atomic mass is 10.2. The second-order valence-electron chi connectivity index (χ2n) is 6.18. The molecule has 1 saturated heterocycles. The van der Waals surface area contributed by atoms with Crippen molar-refractivity contribution in [3.05, 3.63) is 64.1 Å². The summed E-state index contributed by atoms with van der Waals surface area (Å²) in [6.07, 6.45) is 0. The maximum absolute atomic E-state index is 12.5. The van der Waals surface area contributed by atoms with Crippen molar-refractivity contribution in [1.29, 1.82) is 0 Å². The van der Waals surface area contributed by atoms with Crippen LogP contribution in [0.25, 0.3) is 0 Å². The van der Waals surface area contributed by atoms with E-state index < -0.39 is 5.97 Å². The number of urea groups is 1. The van der Waals surface area contributed by atoms with Gasteiger partial charge in [-0.3, -0.25) is 4.90 Å². The summed E-state index contributed by atoms with van der Waals surface area (Å²) in [7, 11) is 0. The predicted octanol–water partition coefficient (Wildman–Crippen LogP) is 3.50. The molecule has 0 aliphatic carbocycles. The normalized spacial score (nSPS) is 14.9. The molecule has 0 spiro atoms. The Morgan fingerprint density at radius 1 is 1.04 bits per heavy atom. The number of carboxylic acid groups (broad SMARTS) is 1. The van der Waals surface area contributed by atoms with Gasteiger partial charge in [-0.2, -0.15) is 0 Å². The molecule has 1 aliphatic rings. The lowest BCUT2D eigenvalue weighted by Gasteiger charge is -2.34. The number of amides is 2. The van der Waals surface area contributed by atoms with Gasteiger partial charge < -0.3 is 15.3 Å².